The van der Waals surface area contributed by atoms with Gasteiger partial charge in [0.1, 0.15) is 4.90 Å². The highest BCUT2D eigenvalue weighted by atomic mass is 79.9. The SMILES string of the molecule is Cc1nn(Cc2cccc(NS(=O)(=O)c3c(C)nn(-c4ccccc4)c3C)c2)c(C)c1Br. The minimum Gasteiger partial charge on any atom is -0.280 e. The lowest BCUT2D eigenvalue weighted by molar-refractivity contribution is 0.600. The van der Waals surface area contributed by atoms with Crippen LogP contribution in [0.4, 0.5) is 5.69 Å². The molecule has 0 saturated heterocycles. The molecule has 166 valence electrons. The van der Waals surface area contributed by atoms with Crippen molar-refractivity contribution in [3.63, 3.8) is 0 Å². The van der Waals surface area contributed by atoms with Crippen LogP contribution in [-0.4, -0.2) is 28.0 Å². The van der Waals surface area contributed by atoms with Crippen molar-refractivity contribution in [2.45, 2.75) is 39.1 Å². The van der Waals surface area contributed by atoms with Gasteiger partial charge in [0, 0.05) is 5.69 Å². The standard InChI is InChI=1S/C23H24BrN5O2S/c1-15-22(24)17(3)28(25-15)14-19-9-8-10-20(13-19)27-32(30,31)23-16(2)26-29(18(23)4)21-11-6-5-7-12-21/h5-13,27H,14H2,1-4H3. The van der Waals surface area contributed by atoms with E-state index >= 15 is 0 Å². The van der Waals surface area contributed by atoms with Gasteiger partial charge in [-0.05, 0) is 73.5 Å². The number of hydrogen-bond acceptors (Lipinski definition) is 4. The van der Waals surface area contributed by atoms with Crippen molar-refractivity contribution in [2.75, 3.05) is 4.72 Å². The Morgan fingerprint density at radius 2 is 1.62 bits per heavy atom. The van der Waals surface area contributed by atoms with Crippen LogP contribution in [0.25, 0.3) is 5.69 Å². The molecule has 0 aliphatic rings. The van der Waals surface area contributed by atoms with Crippen molar-refractivity contribution in [1.29, 1.82) is 0 Å². The van der Waals surface area contributed by atoms with Crippen LogP contribution in [-0.2, 0) is 16.6 Å². The van der Waals surface area contributed by atoms with Crippen LogP contribution in [0.1, 0.15) is 28.3 Å². The average molecular weight is 514 g/mol. The summed E-state index contributed by atoms with van der Waals surface area (Å²) >= 11 is 3.54. The molecule has 2 heterocycles. The number of sulfonamides is 1. The van der Waals surface area contributed by atoms with E-state index in [4.69, 9.17) is 0 Å². The second-order valence-electron chi connectivity index (χ2n) is 7.70. The van der Waals surface area contributed by atoms with Gasteiger partial charge in [0.2, 0.25) is 0 Å². The fourth-order valence-corrected chi connectivity index (χ4v) is 5.51. The van der Waals surface area contributed by atoms with E-state index in [0.717, 1.165) is 27.1 Å². The van der Waals surface area contributed by atoms with Crippen molar-refractivity contribution in [3.8, 4) is 5.69 Å². The van der Waals surface area contributed by atoms with Crippen LogP contribution < -0.4 is 4.72 Å². The fraction of sp³-hybridized carbons (Fsp3) is 0.217. The Morgan fingerprint density at radius 3 is 2.28 bits per heavy atom. The van der Waals surface area contributed by atoms with Gasteiger partial charge in [-0.15, -0.1) is 0 Å². The highest BCUT2D eigenvalue weighted by molar-refractivity contribution is 9.10. The van der Waals surface area contributed by atoms with E-state index in [1.807, 2.05) is 67.1 Å². The molecule has 0 spiro atoms. The van der Waals surface area contributed by atoms with Crippen molar-refractivity contribution in [3.05, 3.63) is 87.4 Å². The molecule has 0 amide bonds. The highest BCUT2D eigenvalue weighted by Crippen LogP contribution is 2.26. The van der Waals surface area contributed by atoms with Gasteiger partial charge in [0.15, 0.2) is 0 Å². The van der Waals surface area contributed by atoms with Crippen LogP contribution in [0.3, 0.4) is 0 Å². The topological polar surface area (TPSA) is 81.8 Å². The zero-order valence-electron chi connectivity index (χ0n) is 18.3. The molecule has 4 aromatic rings. The second-order valence-corrected chi connectivity index (χ2v) is 10.1. The van der Waals surface area contributed by atoms with Crippen LogP contribution in [0.5, 0.6) is 0 Å². The van der Waals surface area contributed by atoms with Crippen LogP contribution >= 0.6 is 15.9 Å². The predicted molar refractivity (Wildman–Crippen MR) is 129 cm³/mol. The summed E-state index contributed by atoms with van der Waals surface area (Å²) in [6.45, 7) is 7.94. The van der Waals surface area contributed by atoms with Gasteiger partial charge >= 0.3 is 0 Å². The monoisotopic (exact) mass is 513 g/mol. The molecule has 0 fully saturated rings. The number of aryl methyl sites for hydroxylation is 2. The molecule has 0 radical (unpaired) electrons. The van der Waals surface area contributed by atoms with Crippen LogP contribution in [0.15, 0.2) is 64.0 Å². The highest BCUT2D eigenvalue weighted by Gasteiger charge is 2.25. The Bertz CT molecular complexity index is 1390. The Balaban J connectivity index is 1.63. The van der Waals surface area contributed by atoms with E-state index in [1.165, 1.54) is 0 Å². The lowest BCUT2D eigenvalue weighted by Gasteiger charge is -2.11. The van der Waals surface area contributed by atoms with Crippen molar-refractivity contribution < 1.29 is 8.42 Å². The quantitative estimate of drug-likeness (QED) is 0.396. The molecule has 0 unspecified atom stereocenters. The van der Waals surface area contributed by atoms with Gasteiger partial charge in [0.25, 0.3) is 10.0 Å². The minimum absolute atomic E-state index is 0.189. The van der Waals surface area contributed by atoms with Crippen molar-refractivity contribution in [1.82, 2.24) is 19.6 Å². The van der Waals surface area contributed by atoms with Gasteiger partial charge in [-0.25, -0.2) is 13.1 Å². The summed E-state index contributed by atoms with van der Waals surface area (Å²) in [6.07, 6.45) is 0. The predicted octanol–water partition coefficient (Wildman–Crippen LogP) is 4.91. The number of rotatable bonds is 6. The maximum absolute atomic E-state index is 13.3. The third kappa shape index (κ3) is 4.22. The molecule has 2 aromatic carbocycles. The summed E-state index contributed by atoms with van der Waals surface area (Å²) in [7, 11) is -3.83. The van der Waals surface area contributed by atoms with Gasteiger partial charge in [-0.1, -0.05) is 30.3 Å². The molecular weight excluding hydrogens is 490 g/mol. The second kappa shape index (κ2) is 8.55. The van der Waals surface area contributed by atoms with Crippen molar-refractivity contribution >= 4 is 31.6 Å². The van der Waals surface area contributed by atoms with Gasteiger partial charge < -0.3 is 0 Å². The molecule has 0 bridgehead atoms. The summed E-state index contributed by atoms with van der Waals surface area (Å²) in [4.78, 5) is 0.189. The molecule has 0 saturated carbocycles. The number of nitrogens with one attached hydrogen (secondary N) is 1. The summed E-state index contributed by atoms with van der Waals surface area (Å²) < 4.78 is 33.8. The maximum atomic E-state index is 13.3. The average Bonchev–Trinajstić information content (AvgIpc) is 3.19. The molecule has 0 atom stereocenters. The fourth-order valence-electron chi connectivity index (χ4n) is 3.78. The number of anilines is 1. The minimum atomic E-state index is -3.83. The zero-order chi connectivity index (χ0) is 23.0. The molecule has 32 heavy (non-hydrogen) atoms. The summed E-state index contributed by atoms with van der Waals surface area (Å²) in [6, 6.07) is 16.8. The van der Waals surface area contributed by atoms with Gasteiger partial charge in [-0.3, -0.25) is 9.40 Å². The van der Waals surface area contributed by atoms with Crippen molar-refractivity contribution in [2.24, 2.45) is 0 Å². The first kappa shape index (κ1) is 22.3. The van der Waals surface area contributed by atoms with Gasteiger partial charge in [-0.2, -0.15) is 10.2 Å². The Labute approximate surface area is 196 Å². The molecule has 0 aliphatic heterocycles. The third-order valence-electron chi connectivity index (χ3n) is 5.30. The first-order chi connectivity index (χ1) is 15.2. The maximum Gasteiger partial charge on any atom is 0.265 e. The van der Waals surface area contributed by atoms with Crippen LogP contribution in [0.2, 0.25) is 0 Å². The molecule has 1 N–H and O–H groups in total. The first-order valence-electron chi connectivity index (χ1n) is 10.1. The molecule has 4 rings (SSSR count). The number of hydrogen-bond donors (Lipinski definition) is 1. The Hall–Kier alpha value is -2.91. The molecular formula is C23H24BrN5O2S. The molecule has 2 aromatic heterocycles. The summed E-state index contributed by atoms with van der Waals surface area (Å²) in [5.41, 5.74) is 5.19. The van der Waals surface area contributed by atoms with E-state index in [1.54, 1.807) is 24.6 Å². The third-order valence-corrected chi connectivity index (χ3v) is 8.08. The Kier molecular flexibility index (Phi) is 5.96. The summed E-state index contributed by atoms with van der Waals surface area (Å²) in [5, 5.41) is 9.00. The smallest absolute Gasteiger partial charge is 0.265 e. The van der Waals surface area contributed by atoms with E-state index in [2.05, 4.69) is 30.8 Å². The molecule has 0 aliphatic carbocycles. The number of nitrogens with zero attached hydrogens (tertiary/aromatic N) is 4. The number of benzene rings is 2. The normalized spacial score (nSPS) is 11.7. The van der Waals surface area contributed by atoms with E-state index in [0.29, 0.717) is 23.6 Å². The summed E-state index contributed by atoms with van der Waals surface area (Å²) in [5.74, 6) is 0. The zero-order valence-corrected chi connectivity index (χ0v) is 20.7. The van der Waals surface area contributed by atoms with E-state index < -0.39 is 10.0 Å². The Morgan fingerprint density at radius 1 is 0.906 bits per heavy atom. The number of para-hydroxylation sites is 1. The number of aromatic nitrogens is 4. The molecule has 7 nitrogen and oxygen atoms in total. The first-order valence-corrected chi connectivity index (χ1v) is 12.4. The lowest BCUT2D eigenvalue weighted by atomic mass is 10.2. The lowest BCUT2D eigenvalue weighted by Crippen LogP contribution is -2.15. The van der Waals surface area contributed by atoms with E-state index in [9.17, 15) is 8.42 Å². The van der Waals surface area contributed by atoms with Gasteiger partial charge in [0.05, 0.1) is 39.5 Å². The molecule has 9 heteroatoms. The van der Waals surface area contributed by atoms with E-state index in [-0.39, 0.29) is 4.90 Å². The number of halogens is 1. The largest absolute Gasteiger partial charge is 0.280 e. The van der Waals surface area contributed by atoms with Crippen LogP contribution in [0, 0.1) is 27.7 Å².